The number of alkyl halides is 2. The molecule has 2 saturated heterocycles. The molecule has 1 aliphatic carbocycles. The Morgan fingerprint density at radius 1 is 1.04 bits per heavy atom. The van der Waals surface area contributed by atoms with Gasteiger partial charge in [0.15, 0.2) is 5.69 Å². The molecule has 0 bridgehead atoms. The predicted molar refractivity (Wildman–Crippen MR) is 203 cm³/mol. The van der Waals surface area contributed by atoms with Crippen molar-refractivity contribution < 1.29 is 23.2 Å². The van der Waals surface area contributed by atoms with Gasteiger partial charge in [-0.3, -0.25) is 37.9 Å². The van der Waals surface area contributed by atoms with Gasteiger partial charge >= 0.3 is 5.69 Å². The second-order valence-electron chi connectivity index (χ2n) is 15.0. The van der Waals surface area contributed by atoms with Crippen molar-refractivity contribution >= 4 is 57.4 Å². The molecule has 2 N–H and O–H groups in total. The maximum Gasteiger partial charge on any atom is 0.329 e. The van der Waals surface area contributed by atoms with E-state index >= 15 is 0 Å². The Morgan fingerprint density at radius 2 is 1.80 bits per heavy atom. The normalized spacial score (nSPS) is 21.3. The fourth-order valence-corrected chi connectivity index (χ4v) is 8.92. The number of anilines is 2. The van der Waals surface area contributed by atoms with Crippen LogP contribution < -0.4 is 21.2 Å². The van der Waals surface area contributed by atoms with Gasteiger partial charge in [0, 0.05) is 51.5 Å². The van der Waals surface area contributed by atoms with Crippen molar-refractivity contribution in [3.8, 4) is 0 Å². The second kappa shape index (κ2) is 14.9. The van der Waals surface area contributed by atoms with E-state index in [1.165, 1.54) is 21.4 Å². The average molecular weight is 777 g/mol. The molecule has 17 heteroatoms. The van der Waals surface area contributed by atoms with E-state index in [0.717, 1.165) is 69.4 Å². The number of imide groups is 1. The van der Waals surface area contributed by atoms with Crippen LogP contribution in [0.5, 0.6) is 0 Å². The number of aryl methyl sites for hydroxylation is 1. The predicted octanol–water partition coefficient (Wildman–Crippen LogP) is 5.34. The lowest BCUT2D eigenvalue weighted by Gasteiger charge is -2.40. The van der Waals surface area contributed by atoms with E-state index in [-0.39, 0.29) is 35.4 Å². The van der Waals surface area contributed by atoms with E-state index in [1.54, 1.807) is 34.6 Å². The minimum absolute atomic E-state index is 0.0180. The molecule has 3 aliphatic rings. The number of pyridine rings is 1. The van der Waals surface area contributed by atoms with Crippen LogP contribution in [0, 0.1) is 5.92 Å². The number of rotatable bonds is 9. The number of benzene rings is 1. The van der Waals surface area contributed by atoms with Crippen molar-refractivity contribution in [2.75, 3.05) is 36.9 Å². The van der Waals surface area contributed by atoms with E-state index in [9.17, 15) is 28.0 Å². The van der Waals surface area contributed by atoms with Gasteiger partial charge in [0.25, 0.3) is 12.3 Å². The molecule has 4 aromatic heterocycles. The number of aromatic nitrogens is 6. The third-order valence-electron chi connectivity index (χ3n) is 11.7. The summed E-state index contributed by atoms with van der Waals surface area (Å²) in [6.45, 7) is 2.56. The molecule has 1 unspecified atom stereocenters. The Hall–Kier alpha value is -5.09. The molecule has 5 aromatic rings. The van der Waals surface area contributed by atoms with Crippen LogP contribution in [0.25, 0.3) is 16.7 Å². The van der Waals surface area contributed by atoms with Gasteiger partial charge in [-0.05, 0) is 82.2 Å². The number of fused-ring (bicyclic) bond motifs is 2. The van der Waals surface area contributed by atoms with Gasteiger partial charge in [-0.2, -0.15) is 5.10 Å². The molecular weight excluding hydrogens is 734 g/mol. The number of piperidine rings is 2. The van der Waals surface area contributed by atoms with Crippen LogP contribution in [0.15, 0.2) is 53.7 Å². The zero-order valence-corrected chi connectivity index (χ0v) is 31.4. The maximum absolute atomic E-state index is 14.1. The van der Waals surface area contributed by atoms with Crippen molar-refractivity contribution in [2.45, 2.75) is 75.9 Å². The van der Waals surface area contributed by atoms with Crippen molar-refractivity contribution in [1.82, 2.24) is 38.5 Å². The van der Waals surface area contributed by atoms with Crippen molar-refractivity contribution in [2.24, 2.45) is 13.0 Å². The molecule has 14 nitrogen and oxygen atoms in total. The molecule has 1 aromatic carbocycles. The highest BCUT2D eigenvalue weighted by molar-refractivity contribution is 6.30. The summed E-state index contributed by atoms with van der Waals surface area (Å²) in [7, 11) is 3.90. The zero-order valence-electron chi connectivity index (χ0n) is 30.6. The molecule has 2 aliphatic heterocycles. The summed E-state index contributed by atoms with van der Waals surface area (Å²) in [4.78, 5) is 60.0. The summed E-state index contributed by atoms with van der Waals surface area (Å²) >= 11 is 6.10. The third-order valence-corrected chi connectivity index (χ3v) is 11.9. The second-order valence-corrected chi connectivity index (χ2v) is 15.5. The zero-order chi connectivity index (χ0) is 38.5. The largest absolute Gasteiger partial charge is 0.370 e. The highest BCUT2D eigenvalue weighted by Gasteiger charge is 2.34. The molecule has 3 fully saturated rings. The average Bonchev–Trinajstić information content (AvgIpc) is 3.86. The molecule has 6 heterocycles. The van der Waals surface area contributed by atoms with E-state index in [1.807, 2.05) is 18.2 Å². The van der Waals surface area contributed by atoms with Crippen molar-refractivity contribution in [3.05, 3.63) is 75.8 Å². The Bertz CT molecular complexity index is 2330. The van der Waals surface area contributed by atoms with Gasteiger partial charge in [-0.15, -0.1) is 0 Å². The number of carbonyl (C=O) groups excluding carboxylic acids is 3. The SMILES string of the molecule is CN(CC1CCC(n2cc(NC(=O)c3cnc4ccc(Cl)cn34)c(C(F)F)n2)CC1)C1CCN(c2cccc3c2n(C)c(=O)n3C2CCC(=O)NC2=O)CC1. The topological polar surface area (TPSA) is 144 Å². The van der Waals surface area contributed by atoms with Crippen LogP contribution in [0.3, 0.4) is 0 Å². The molecule has 3 amide bonds. The number of para-hydroxylation sites is 1. The van der Waals surface area contributed by atoms with Crippen LogP contribution in [0.2, 0.25) is 5.02 Å². The number of hydrogen-bond acceptors (Lipinski definition) is 8. The fraction of sp³-hybridized carbons (Fsp3) is 0.474. The number of nitrogens with zero attached hydrogens (tertiary/aromatic N) is 8. The molecule has 8 rings (SSSR count). The lowest BCUT2D eigenvalue weighted by molar-refractivity contribution is -0.135. The lowest BCUT2D eigenvalue weighted by Crippen LogP contribution is -2.45. The Morgan fingerprint density at radius 3 is 2.53 bits per heavy atom. The first kappa shape index (κ1) is 36.9. The van der Waals surface area contributed by atoms with Crippen LogP contribution in [0.1, 0.15) is 86.1 Å². The highest BCUT2D eigenvalue weighted by Crippen LogP contribution is 2.37. The first-order chi connectivity index (χ1) is 26.5. The monoisotopic (exact) mass is 776 g/mol. The van der Waals surface area contributed by atoms with Gasteiger partial charge in [-0.25, -0.2) is 18.6 Å². The smallest absolute Gasteiger partial charge is 0.329 e. The molecule has 0 spiro atoms. The van der Waals surface area contributed by atoms with E-state index < -0.39 is 30.0 Å². The van der Waals surface area contributed by atoms with Gasteiger partial charge in [0.2, 0.25) is 11.8 Å². The minimum atomic E-state index is -2.86. The summed E-state index contributed by atoms with van der Waals surface area (Å²) in [5.74, 6) is -0.888. The van der Waals surface area contributed by atoms with Gasteiger partial charge < -0.3 is 15.1 Å². The van der Waals surface area contributed by atoms with Crippen molar-refractivity contribution in [1.29, 1.82) is 0 Å². The van der Waals surface area contributed by atoms with Gasteiger partial charge in [0.05, 0.1) is 39.7 Å². The van der Waals surface area contributed by atoms with Gasteiger partial charge in [-0.1, -0.05) is 17.7 Å². The number of amides is 3. The Labute approximate surface area is 320 Å². The first-order valence-electron chi connectivity index (χ1n) is 18.8. The Kier molecular flexibility index (Phi) is 9.96. The van der Waals surface area contributed by atoms with E-state index in [2.05, 4.69) is 37.6 Å². The third kappa shape index (κ3) is 7.01. The van der Waals surface area contributed by atoms with E-state index in [0.29, 0.717) is 34.6 Å². The Balaban J connectivity index is 0.869. The minimum Gasteiger partial charge on any atom is -0.370 e. The number of imidazole rings is 2. The summed E-state index contributed by atoms with van der Waals surface area (Å²) in [5.41, 5.74) is 2.35. The number of halogens is 3. The molecule has 55 heavy (non-hydrogen) atoms. The fourth-order valence-electron chi connectivity index (χ4n) is 8.76. The van der Waals surface area contributed by atoms with Crippen molar-refractivity contribution in [3.63, 3.8) is 0 Å². The first-order valence-corrected chi connectivity index (χ1v) is 19.1. The van der Waals surface area contributed by atoms with Crippen LogP contribution in [-0.4, -0.2) is 83.6 Å². The molecule has 290 valence electrons. The number of hydrogen-bond donors (Lipinski definition) is 2. The van der Waals surface area contributed by atoms with Crippen LogP contribution in [-0.2, 0) is 16.6 Å². The maximum atomic E-state index is 14.1. The van der Waals surface area contributed by atoms with Crippen LogP contribution in [0.4, 0.5) is 20.2 Å². The van der Waals surface area contributed by atoms with Crippen LogP contribution >= 0.6 is 11.6 Å². The molecule has 0 radical (unpaired) electrons. The number of carbonyl (C=O) groups is 3. The molecule has 1 atom stereocenters. The quantitative estimate of drug-likeness (QED) is 0.191. The highest BCUT2D eigenvalue weighted by atomic mass is 35.5. The standard InChI is InChI=1S/C38H43ClF2N10O4/c1-46(24-14-16-48(17-15-24)27-4-3-5-28-34(27)47(2)38(55)51(28)29-11-13-32(52)44-36(29)53)19-22-6-9-25(10-7-22)50-21-26(33(45-50)35(40)41)43-37(54)30-18-42-31-12-8-23(39)20-49(30)31/h3-5,8,12,18,20-22,24-25,29,35H,6-7,9-11,13-17,19H2,1-2H3,(H,43,54)(H,44,52,53). The number of nitrogens with one attached hydrogen (secondary N) is 2. The molecule has 1 saturated carbocycles. The summed E-state index contributed by atoms with van der Waals surface area (Å²) in [6, 6.07) is 8.74. The van der Waals surface area contributed by atoms with Gasteiger partial charge in [0.1, 0.15) is 17.4 Å². The molecular formula is C38H43ClF2N10O4. The summed E-state index contributed by atoms with van der Waals surface area (Å²) in [6.07, 6.45) is 7.42. The summed E-state index contributed by atoms with van der Waals surface area (Å²) in [5, 5.41) is 9.65. The summed E-state index contributed by atoms with van der Waals surface area (Å²) < 4.78 is 34.4. The lowest BCUT2D eigenvalue weighted by atomic mass is 9.85. The van der Waals surface area contributed by atoms with E-state index in [4.69, 9.17) is 11.6 Å².